The Kier molecular flexibility index (Phi) is 6.75. The molecular weight excluding hydrogens is 709 g/mol. The topological polar surface area (TPSA) is 35.6 Å². The number of hydrogen-bond donors (Lipinski definition) is 0. The Morgan fingerprint density at radius 3 is 1.84 bits per heavy atom. The molecule has 11 aromatic rings. The number of nitrogens with zero attached hydrogens (tertiary/aromatic N) is 4. The summed E-state index contributed by atoms with van der Waals surface area (Å²) in [5, 5.41) is 8.93. The van der Waals surface area contributed by atoms with E-state index in [-0.39, 0.29) is 0 Å². The van der Waals surface area contributed by atoms with Gasteiger partial charge in [0.15, 0.2) is 0 Å². The van der Waals surface area contributed by atoms with Crippen LogP contribution in [0.2, 0.25) is 13.1 Å². The molecule has 0 atom stereocenters. The van der Waals surface area contributed by atoms with Crippen molar-refractivity contribution in [3.05, 3.63) is 182 Å². The van der Waals surface area contributed by atoms with Crippen LogP contribution in [0.5, 0.6) is 0 Å². The minimum atomic E-state index is -2.07. The van der Waals surface area contributed by atoms with Gasteiger partial charge in [0, 0.05) is 38.2 Å². The van der Waals surface area contributed by atoms with E-state index in [1.54, 1.807) is 0 Å². The van der Waals surface area contributed by atoms with Gasteiger partial charge in [0.25, 0.3) is 0 Å². The second-order valence-electron chi connectivity index (χ2n) is 15.8. The van der Waals surface area contributed by atoms with E-state index in [9.17, 15) is 0 Å². The lowest BCUT2D eigenvalue weighted by atomic mass is 10.0. The van der Waals surface area contributed by atoms with E-state index < -0.39 is 8.07 Å². The van der Waals surface area contributed by atoms with Crippen LogP contribution in [0.1, 0.15) is 0 Å². The molecule has 0 amide bonds. The Morgan fingerprint density at radius 2 is 1.04 bits per heavy atom. The largest absolute Gasteiger partial charge is 0.309 e. The van der Waals surface area contributed by atoms with Gasteiger partial charge in [-0.3, -0.25) is 4.57 Å². The molecular formula is C52H36N4Si. The molecule has 4 heterocycles. The maximum Gasteiger partial charge on any atom is 0.235 e. The summed E-state index contributed by atoms with van der Waals surface area (Å²) in [6.07, 6.45) is 0. The van der Waals surface area contributed by atoms with Crippen LogP contribution >= 0.6 is 0 Å². The molecule has 0 unspecified atom stereocenters. The molecule has 0 spiro atoms. The highest BCUT2D eigenvalue weighted by Crippen LogP contribution is 2.40. The quantitative estimate of drug-likeness (QED) is 0.168. The Hall–Kier alpha value is -7.08. The van der Waals surface area contributed by atoms with Crippen molar-refractivity contribution in [2.75, 3.05) is 0 Å². The lowest BCUT2D eigenvalue weighted by molar-refractivity contribution is 1.01. The predicted molar refractivity (Wildman–Crippen MR) is 241 cm³/mol. The zero-order valence-corrected chi connectivity index (χ0v) is 32.6. The fourth-order valence-electron chi connectivity index (χ4n) is 9.76. The third kappa shape index (κ3) is 4.60. The number of aromatic nitrogens is 4. The maximum atomic E-state index is 5.60. The van der Waals surface area contributed by atoms with E-state index in [0.717, 1.165) is 39.1 Å². The fourth-order valence-corrected chi connectivity index (χ4v) is 13.2. The first-order valence-corrected chi connectivity index (χ1v) is 22.7. The van der Waals surface area contributed by atoms with E-state index in [0.29, 0.717) is 5.95 Å². The third-order valence-electron chi connectivity index (χ3n) is 12.3. The first-order valence-electron chi connectivity index (χ1n) is 19.7. The highest BCUT2D eigenvalue weighted by molar-refractivity contribution is 7.05. The monoisotopic (exact) mass is 744 g/mol. The summed E-state index contributed by atoms with van der Waals surface area (Å²) >= 11 is 0. The molecule has 0 saturated carbocycles. The summed E-state index contributed by atoms with van der Waals surface area (Å²) in [6.45, 7) is 4.95. The van der Waals surface area contributed by atoms with Crippen LogP contribution in [-0.2, 0) is 0 Å². The van der Waals surface area contributed by atoms with Gasteiger partial charge in [0.1, 0.15) is 8.07 Å². The lowest BCUT2D eigenvalue weighted by Gasteiger charge is -2.22. The van der Waals surface area contributed by atoms with Crippen LogP contribution in [0.4, 0.5) is 0 Å². The van der Waals surface area contributed by atoms with Crippen molar-refractivity contribution in [2.45, 2.75) is 13.1 Å². The average Bonchev–Trinajstić information content (AvgIpc) is 3.86. The smallest absolute Gasteiger partial charge is 0.235 e. The third-order valence-corrected chi connectivity index (χ3v) is 15.9. The summed E-state index contributed by atoms with van der Waals surface area (Å²) in [5.74, 6) is 0.682. The fraction of sp³-hybridized carbons (Fsp3) is 0.0385. The van der Waals surface area contributed by atoms with Gasteiger partial charge >= 0.3 is 0 Å². The molecule has 0 saturated heterocycles. The molecule has 0 N–H and O–H groups in total. The first-order chi connectivity index (χ1) is 28.0. The van der Waals surface area contributed by atoms with Crippen LogP contribution in [0.25, 0.3) is 99.7 Å². The molecule has 3 aromatic heterocycles. The van der Waals surface area contributed by atoms with Crippen LogP contribution in [0, 0.1) is 0 Å². The molecule has 0 fully saturated rings. The number of benzene rings is 8. The molecule has 8 aromatic carbocycles. The van der Waals surface area contributed by atoms with Gasteiger partial charge in [-0.1, -0.05) is 147 Å². The summed E-state index contributed by atoms with van der Waals surface area (Å²) < 4.78 is 4.65. The Balaban J connectivity index is 1.10. The Morgan fingerprint density at radius 1 is 0.421 bits per heavy atom. The molecule has 1 aliphatic rings. The molecule has 12 rings (SSSR count). The van der Waals surface area contributed by atoms with E-state index in [2.05, 4.69) is 204 Å². The SMILES string of the molecule is C[Si]1(C)c2ccccc2-c2ccc3nc(-n4c5ccccc5c5ccc(-c6ccc7c(c6)c6ccccc6n7-c6ccccc6)cc54)nc(-c4ccccc4)c3c21. The van der Waals surface area contributed by atoms with E-state index in [4.69, 9.17) is 9.97 Å². The molecule has 0 bridgehead atoms. The summed E-state index contributed by atoms with van der Waals surface area (Å²) in [5.41, 5.74) is 13.8. The predicted octanol–water partition coefficient (Wildman–Crippen LogP) is 12.0. The highest BCUT2D eigenvalue weighted by atomic mass is 28.3. The van der Waals surface area contributed by atoms with Gasteiger partial charge in [-0.15, -0.1) is 0 Å². The molecule has 5 heteroatoms. The number of rotatable bonds is 4. The normalized spacial score (nSPS) is 13.2. The van der Waals surface area contributed by atoms with Crippen molar-refractivity contribution in [2.24, 2.45) is 0 Å². The van der Waals surface area contributed by atoms with Gasteiger partial charge in [0.05, 0.1) is 33.3 Å². The van der Waals surface area contributed by atoms with E-state index >= 15 is 0 Å². The zero-order valence-electron chi connectivity index (χ0n) is 31.6. The minimum absolute atomic E-state index is 0.682. The van der Waals surface area contributed by atoms with Crippen LogP contribution in [0.3, 0.4) is 0 Å². The van der Waals surface area contributed by atoms with Crippen molar-refractivity contribution in [1.82, 2.24) is 19.1 Å². The number of fused-ring (bicyclic) bond motifs is 11. The minimum Gasteiger partial charge on any atom is -0.309 e. The van der Waals surface area contributed by atoms with Gasteiger partial charge in [0.2, 0.25) is 5.95 Å². The number of para-hydroxylation sites is 3. The van der Waals surface area contributed by atoms with Gasteiger partial charge in [-0.25, -0.2) is 9.97 Å². The molecule has 4 nitrogen and oxygen atoms in total. The molecule has 57 heavy (non-hydrogen) atoms. The molecule has 0 aliphatic carbocycles. The second kappa shape index (κ2) is 12.0. The van der Waals surface area contributed by atoms with Crippen LogP contribution < -0.4 is 10.4 Å². The van der Waals surface area contributed by atoms with E-state index in [1.165, 1.54) is 65.0 Å². The van der Waals surface area contributed by atoms with Crippen molar-refractivity contribution in [3.8, 4) is 45.1 Å². The average molecular weight is 745 g/mol. The lowest BCUT2D eigenvalue weighted by Crippen LogP contribution is -2.49. The van der Waals surface area contributed by atoms with E-state index in [1.807, 2.05) is 0 Å². The standard InChI is InChI=1S/C52H36N4Si/c1-57(2)48-24-14-11-21-40(48)41-28-29-43-49(51(41)57)50(33-15-5-3-6-16-33)54-52(53-43)56-45-23-13-9-19-37(45)39-27-25-35(32-47(39)56)34-26-30-46-42(31-34)38-20-10-12-22-44(38)55(46)36-17-7-4-8-18-36/h3-32H,1-2H3. The highest BCUT2D eigenvalue weighted by Gasteiger charge is 2.40. The maximum absolute atomic E-state index is 5.60. The second-order valence-corrected chi connectivity index (χ2v) is 20.1. The van der Waals surface area contributed by atoms with Gasteiger partial charge < -0.3 is 4.57 Å². The van der Waals surface area contributed by atoms with Crippen LogP contribution in [-0.4, -0.2) is 27.2 Å². The Labute approximate surface area is 331 Å². The van der Waals surface area contributed by atoms with Crippen molar-refractivity contribution >= 4 is 73.0 Å². The summed E-state index contributed by atoms with van der Waals surface area (Å²) in [7, 11) is -2.07. The van der Waals surface area contributed by atoms with Crippen LogP contribution in [0.15, 0.2) is 182 Å². The summed E-state index contributed by atoms with van der Waals surface area (Å²) in [6, 6.07) is 66.0. The summed E-state index contributed by atoms with van der Waals surface area (Å²) in [4.78, 5) is 11.1. The first kappa shape index (κ1) is 32.2. The molecule has 1 aliphatic heterocycles. The van der Waals surface area contributed by atoms with Gasteiger partial charge in [-0.2, -0.15) is 0 Å². The van der Waals surface area contributed by atoms with Gasteiger partial charge in [-0.05, 0) is 81.2 Å². The zero-order chi connectivity index (χ0) is 37.8. The molecule has 268 valence electrons. The van der Waals surface area contributed by atoms with Crippen molar-refractivity contribution < 1.29 is 0 Å². The number of hydrogen-bond acceptors (Lipinski definition) is 2. The van der Waals surface area contributed by atoms with Crippen molar-refractivity contribution in [1.29, 1.82) is 0 Å². The van der Waals surface area contributed by atoms with Crippen molar-refractivity contribution in [3.63, 3.8) is 0 Å². The Bertz CT molecular complexity index is 3430. The molecule has 0 radical (unpaired) electrons.